The van der Waals surface area contributed by atoms with Gasteiger partial charge in [-0.3, -0.25) is 4.79 Å². The van der Waals surface area contributed by atoms with Crippen molar-refractivity contribution in [2.75, 3.05) is 19.3 Å². The zero-order valence-electron chi connectivity index (χ0n) is 27.9. The fourth-order valence-electron chi connectivity index (χ4n) is 5.64. The van der Waals surface area contributed by atoms with Crippen LogP contribution in [0.4, 0.5) is 4.79 Å². The molecule has 0 spiro atoms. The maximum Gasteiger partial charge on any atom is 0.415 e. The fraction of sp³-hybridized carbons (Fsp3) is 0.432. The van der Waals surface area contributed by atoms with Crippen molar-refractivity contribution in [2.24, 2.45) is 11.8 Å². The molecular formula is C37H44ClNO6S. The smallest absolute Gasteiger partial charge is 0.415 e. The van der Waals surface area contributed by atoms with Gasteiger partial charge < -0.3 is 19.1 Å². The van der Waals surface area contributed by atoms with E-state index in [1.54, 1.807) is 54.8 Å². The molecule has 0 N–H and O–H groups in total. The monoisotopic (exact) mass is 665 g/mol. The lowest BCUT2D eigenvalue weighted by atomic mass is 9.84. The van der Waals surface area contributed by atoms with Crippen LogP contribution >= 0.6 is 23.4 Å². The van der Waals surface area contributed by atoms with Crippen molar-refractivity contribution >= 4 is 41.2 Å². The average Bonchev–Trinajstić information content (AvgIpc) is 3.42. The Hall–Kier alpha value is -3.49. The molecule has 1 aliphatic heterocycles. The summed E-state index contributed by atoms with van der Waals surface area (Å²) in [5, 5.41) is 0.552. The number of thioether (sulfide) groups is 1. The van der Waals surface area contributed by atoms with Crippen molar-refractivity contribution in [3.63, 3.8) is 0 Å². The van der Waals surface area contributed by atoms with E-state index in [0.29, 0.717) is 41.5 Å². The highest BCUT2D eigenvalue weighted by Gasteiger charge is 2.40. The Kier molecular flexibility index (Phi) is 11.2. The molecule has 246 valence electrons. The van der Waals surface area contributed by atoms with Crippen LogP contribution in [-0.2, 0) is 16.0 Å². The van der Waals surface area contributed by atoms with Crippen LogP contribution in [0.15, 0.2) is 65.6 Å². The van der Waals surface area contributed by atoms with Gasteiger partial charge in [0.05, 0.1) is 0 Å². The SMILES string of the molecule is CSc1ccc(C(=O)[C@H]2CN(C(=O)Oc3ccc(Cl)cc3)C[C@@H]2CCc2cc(C)c(OC(C)(C)C(=O)OC(C)(C)C)c(C)c2)cc1. The highest BCUT2D eigenvalue weighted by Crippen LogP contribution is 2.34. The molecule has 0 aromatic heterocycles. The minimum atomic E-state index is -1.17. The number of Topliss-reactive ketones (excluding diaryl/α,β-unsaturated/α-hetero) is 1. The van der Waals surface area contributed by atoms with Crippen LogP contribution in [0, 0.1) is 25.7 Å². The van der Waals surface area contributed by atoms with Crippen LogP contribution in [0.1, 0.15) is 68.1 Å². The van der Waals surface area contributed by atoms with Gasteiger partial charge in [-0.15, -0.1) is 11.8 Å². The molecule has 0 aliphatic carbocycles. The second-order valence-electron chi connectivity index (χ2n) is 13.4. The molecule has 1 amide bonds. The molecule has 1 heterocycles. The standard InChI is InChI=1S/C37H44ClNO6S/c1-23-19-25(20-24(2)33(23)44-37(6,7)34(41)45-36(3,4)5)9-10-27-21-39(35(42)43-29-15-13-28(38)14-16-29)22-31(27)32(40)26-11-17-30(46-8)18-12-26/h11-20,27,31H,9-10,21-22H2,1-8H3/t27-,31-/m0/s1. The molecule has 3 aromatic carbocycles. The summed E-state index contributed by atoms with van der Waals surface area (Å²) in [7, 11) is 0. The van der Waals surface area contributed by atoms with E-state index < -0.39 is 23.3 Å². The maximum absolute atomic E-state index is 13.8. The van der Waals surface area contributed by atoms with Crippen LogP contribution in [-0.4, -0.2) is 53.3 Å². The number of ketones is 1. The summed E-state index contributed by atoms with van der Waals surface area (Å²) in [5.41, 5.74) is 1.77. The van der Waals surface area contributed by atoms with Gasteiger partial charge in [0.1, 0.15) is 17.1 Å². The van der Waals surface area contributed by atoms with Gasteiger partial charge in [0.15, 0.2) is 11.4 Å². The quantitative estimate of drug-likeness (QED) is 0.122. The first kappa shape index (κ1) is 35.4. The van der Waals surface area contributed by atoms with Crippen LogP contribution in [0.3, 0.4) is 0 Å². The number of rotatable bonds is 10. The fourth-order valence-corrected chi connectivity index (χ4v) is 6.18. The maximum atomic E-state index is 13.8. The third kappa shape index (κ3) is 9.07. The first-order chi connectivity index (χ1) is 21.6. The second kappa shape index (κ2) is 14.5. The van der Waals surface area contributed by atoms with Crippen molar-refractivity contribution in [3.8, 4) is 11.5 Å². The topological polar surface area (TPSA) is 82.1 Å². The Morgan fingerprint density at radius 3 is 2.09 bits per heavy atom. The molecule has 46 heavy (non-hydrogen) atoms. The van der Waals surface area contributed by atoms with E-state index in [-0.39, 0.29) is 24.2 Å². The number of nitrogens with zero attached hydrogens (tertiary/aromatic N) is 1. The van der Waals surface area contributed by atoms with Crippen LogP contribution in [0.2, 0.25) is 5.02 Å². The summed E-state index contributed by atoms with van der Waals surface area (Å²) >= 11 is 7.61. The number of hydrogen-bond acceptors (Lipinski definition) is 7. The highest BCUT2D eigenvalue weighted by atomic mass is 35.5. The van der Waals surface area contributed by atoms with Crippen LogP contribution in [0.5, 0.6) is 11.5 Å². The largest absolute Gasteiger partial charge is 0.476 e. The highest BCUT2D eigenvalue weighted by molar-refractivity contribution is 7.98. The van der Waals surface area contributed by atoms with Gasteiger partial charge in [-0.05, 0) is 127 Å². The van der Waals surface area contributed by atoms with Crippen LogP contribution < -0.4 is 9.47 Å². The Bertz CT molecular complexity index is 1540. The van der Waals surface area contributed by atoms with Gasteiger partial charge in [-0.1, -0.05) is 35.9 Å². The Morgan fingerprint density at radius 2 is 1.52 bits per heavy atom. The van der Waals surface area contributed by atoms with E-state index in [0.717, 1.165) is 21.6 Å². The zero-order valence-corrected chi connectivity index (χ0v) is 29.5. The molecule has 0 radical (unpaired) electrons. The first-order valence-electron chi connectivity index (χ1n) is 15.5. The molecule has 2 atom stereocenters. The summed E-state index contributed by atoms with van der Waals surface area (Å²) in [6, 6.07) is 18.4. The number of likely N-dealkylation sites (tertiary alicyclic amines) is 1. The van der Waals surface area contributed by atoms with Crippen molar-refractivity contribution < 1.29 is 28.6 Å². The number of benzene rings is 3. The summed E-state index contributed by atoms with van der Waals surface area (Å²) in [5.74, 6) is 0.224. The zero-order chi connectivity index (χ0) is 33.8. The summed E-state index contributed by atoms with van der Waals surface area (Å²) < 4.78 is 17.4. The summed E-state index contributed by atoms with van der Waals surface area (Å²) in [6.45, 7) is 13.5. The number of halogens is 1. The molecule has 1 saturated heterocycles. The Labute approximate surface area is 281 Å². The Morgan fingerprint density at radius 1 is 0.913 bits per heavy atom. The van der Waals surface area contributed by atoms with E-state index in [1.165, 1.54) is 0 Å². The van der Waals surface area contributed by atoms with Crippen molar-refractivity contribution in [3.05, 3.63) is 87.9 Å². The number of carbonyl (C=O) groups excluding carboxylic acids is 3. The van der Waals surface area contributed by atoms with Gasteiger partial charge >= 0.3 is 12.1 Å². The summed E-state index contributed by atoms with van der Waals surface area (Å²) in [6.07, 6.45) is 2.92. The third-order valence-corrected chi connectivity index (χ3v) is 9.00. The Balaban J connectivity index is 1.50. The minimum absolute atomic E-state index is 0.0277. The molecular weight excluding hydrogens is 622 g/mol. The third-order valence-electron chi connectivity index (χ3n) is 8.00. The predicted octanol–water partition coefficient (Wildman–Crippen LogP) is 8.74. The number of aryl methyl sites for hydroxylation is 3. The van der Waals surface area contributed by atoms with E-state index in [9.17, 15) is 14.4 Å². The van der Waals surface area contributed by atoms with E-state index in [1.807, 2.05) is 65.1 Å². The van der Waals surface area contributed by atoms with Gasteiger partial charge in [0.25, 0.3) is 0 Å². The van der Waals surface area contributed by atoms with E-state index in [4.69, 9.17) is 25.8 Å². The van der Waals surface area contributed by atoms with Gasteiger partial charge in [-0.2, -0.15) is 0 Å². The van der Waals surface area contributed by atoms with Crippen molar-refractivity contribution in [1.82, 2.24) is 4.90 Å². The number of carbonyl (C=O) groups is 3. The number of ether oxygens (including phenoxy) is 3. The predicted molar refractivity (Wildman–Crippen MR) is 183 cm³/mol. The van der Waals surface area contributed by atoms with Gasteiger partial charge in [0, 0.05) is 34.5 Å². The molecule has 0 bridgehead atoms. The lowest BCUT2D eigenvalue weighted by Crippen LogP contribution is -2.43. The van der Waals surface area contributed by atoms with E-state index >= 15 is 0 Å². The van der Waals surface area contributed by atoms with Gasteiger partial charge in [-0.25, -0.2) is 9.59 Å². The van der Waals surface area contributed by atoms with E-state index in [2.05, 4.69) is 12.1 Å². The molecule has 0 saturated carbocycles. The number of esters is 1. The first-order valence-corrected chi connectivity index (χ1v) is 17.1. The van der Waals surface area contributed by atoms with Crippen LogP contribution in [0.25, 0.3) is 0 Å². The molecule has 3 aromatic rings. The number of hydrogen-bond donors (Lipinski definition) is 0. The van der Waals surface area contributed by atoms with Crippen molar-refractivity contribution in [1.29, 1.82) is 0 Å². The normalized spacial score (nSPS) is 16.7. The minimum Gasteiger partial charge on any atom is -0.476 e. The van der Waals surface area contributed by atoms with Crippen molar-refractivity contribution in [2.45, 2.75) is 77.4 Å². The second-order valence-corrected chi connectivity index (χ2v) is 14.7. The molecule has 9 heteroatoms. The number of amides is 1. The molecule has 1 aliphatic rings. The lowest BCUT2D eigenvalue weighted by molar-refractivity contribution is -0.171. The lowest BCUT2D eigenvalue weighted by Gasteiger charge is -2.30. The molecule has 4 rings (SSSR count). The molecule has 7 nitrogen and oxygen atoms in total. The average molecular weight is 666 g/mol. The summed E-state index contributed by atoms with van der Waals surface area (Å²) in [4.78, 5) is 42.5. The molecule has 1 fully saturated rings. The van der Waals surface area contributed by atoms with Gasteiger partial charge in [0.2, 0.25) is 0 Å². The molecule has 0 unspecified atom stereocenters.